The molecule has 6 nitrogen and oxygen atoms in total. The summed E-state index contributed by atoms with van der Waals surface area (Å²) >= 11 is 0. The summed E-state index contributed by atoms with van der Waals surface area (Å²) in [5.74, 6) is -1.25. The maximum absolute atomic E-state index is 12.1. The number of nitrogens with two attached hydrogens (primary N) is 1. The normalized spacial score (nSPS) is 19.6. The molecule has 0 spiro atoms. The van der Waals surface area contributed by atoms with Gasteiger partial charge >= 0.3 is 5.97 Å². The number of pyridine rings is 1. The fourth-order valence-electron chi connectivity index (χ4n) is 2.02. The number of hydrogen-bond acceptors (Lipinski definition) is 4. The van der Waals surface area contributed by atoms with Gasteiger partial charge in [-0.3, -0.25) is 4.79 Å². The number of piperidine rings is 1. The Bertz CT molecular complexity index is 458. The molecule has 6 heteroatoms. The number of carboxylic acids is 1. The van der Waals surface area contributed by atoms with Gasteiger partial charge < -0.3 is 15.7 Å². The maximum Gasteiger partial charge on any atom is 0.354 e. The number of nitrogens with zero attached hydrogens (tertiary/aromatic N) is 2. The SMILES string of the molecule is NC1CCCN(C(=O)c2ccc(C(=O)O)nc2)C1. The van der Waals surface area contributed by atoms with E-state index in [4.69, 9.17) is 10.8 Å². The van der Waals surface area contributed by atoms with E-state index in [-0.39, 0.29) is 17.6 Å². The number of aromatic carboxylic acids is 1. The number of carbonyl (C=O) groups is 2. The van der Waals surface area contributed by atoms with E-state index in [2.05, 4.69) is 4.98 Å². The molecule has 1 unspecified atom stereocenters. The first-order chi connectivity index (χ1) is 8.58. The van der Waals surface area contributed by atoms with Crippen LogP contribution in [0.2, 0.25) is 0 Å². The number of rotatable bonds is 2. The van der Waals surface area contributed by atoms with Gasteiger partial charge in [-0.1, -0.05) is 0 Å². The van der Waals surface area contributed by atoms with Crippen LogP contribution >= 0.6 is 0 Å². The third-order valence-corrected chi connectivity index (χ3v) is 2.97. The number of amides is 1. The molecule has 0 aromatic carbocycles. The lowest BCUT2D eigenvalue weighted by molar-refractivity contribution is 0.0682. The van der Waals surface area contributed by atoms with Crippen LogP contribution in [0.3, 0.4) is 0 Å². The molecule has 1 aromatic heterocycles. The summed E-state index contributed by atoms with van der Waals surface area (Å²) in [5, 5.41) is 8.72. The average molecular weight is 249 g/mol. The van der Waals surface area contributed by atoms with E-state index in [0.717, 1.165) is 12.8 Å². The topological polar surface area (TPSA) is 96.5 Å². The molecule has 0 radical (unpaired) electrons. The van der Waals surface area contributed by atoms with E-state index in [1.54, 1.807) is 4.90 Å². The molecule has 2 heterocycles. The molecule has 1 amide bonds. The highest BCUT2D eigenvalue weighted by atomic mass is 16.4. The quantitative estimate of drug-likeness (QED) is 0.788. The van der Waals surface area contributed by atoms with Crippen LogP contribution < -0.4 is 5.73 Å². The summed E-state index contributed by atoms with van der Waals surface area (Å²) in [4.78, 5) is 28.2. The molecule has 1 aliphatic heterocycles. The van der Waals surface area contributed by atoms with Crippen molar-refractivity contribution in [1.29, 1.82) is 0 Å². The van der Waals surface area contributed by atoms with Gasteiger partial charge in [0, 0.05) is 25.3 Å². The smallest absolute Gasteiger partial charge is 0.354 e. The highest BCUT2D eigenvalue weighted by Crippen LogP contribution is 2.12. The predicted molar refractivity (Wildman–Crippen MR) is 64.3 cm³/mol. The van der Waals surface area contributed by atoms with Crippen LogP contribution in [0.15, 0.2) is 18.3 Å². The van der Waals surface area contributed by atoms with Crippen LogP contribution in [0.1, 0.15) is 33.7 Å². The molecule has 0 saturated carbocycles. The van der Waals surface area contributed by atoms with Gasteiger partial charge in [-0.2, -0.15) is 0 Å². The first-order valence-corrected chi connectivity index (χ1v) is 5.82. The van der Waals surface area contributed by atoms with Gasteiger partial charge in [-0.05, 0) is 25.0 Å². The van der Waals surface area contributed by atoms with Crippen molar-refractivity contribution in [2.75, 3.05) is 13.1 Å². The van der Waals surface area contributed by atoms with Crippen LogP contribution in [0.25, 0.3) is 0 Å². The van der Waals surface area contributed by atoms with E-state index in [1.165, 1.54) is 18.3 Å². The van der Waals surface area contributed by atoms with Crippen LogP contribution in [0, 0.1) is 0 Å². The third-order valence-electron chi connectivity index (χ3n) is 2.97. The van der Waals surface area contributed by atoms with Crippen molar-refractivity contribution in [3.63, 3.8) is 0 Å². The monoisotopic (exact) mass is 249 g/mol. The Morgan fingerprint density at radius 3 is 2.78 bits per heavy atom. The summed E-state index contributed by atoms with van der Waals surface area (Å²) in [6.07, 6.45) is 3.12. The van der Waals surface area contributed by atoms with Crippen molar-refractivity contribution in [1.82, 2.24) is 9.88 Å². The van der Waals surface area contributed by atoms with Gasteiger partial charge in [-0.15, -0.1) is 0 Å². The van der Waals surface area contributed by atoms with Crippen LogP contribution in [0.4, 0.5) is 0 Å². The second-order valence-electron chi connectivity index (χ2n) is 4.39. The summed E-state index contributed by atoms with van der Waals surface area (Å²) in [6, 6.07) is 2.84. The lowest BCUT2D eigenvalue weighted by Gasteiger charge is -2.30. The van der Waals surface area contributed by atoms with Crippen molar-refractivity contribution in [2.24, 2.45) is 5.73 Å². The van der Waals surface area contributed by atoms with Gasteiger partial charge in [0.25, 0.3) is 5.91 Å². The van der Waals surface area contributed by atoms with Gasteiger partial charge in [0.2, 0.25) is 0 Å². The number of aromatic nitrogens is 1. The summed E-state index contributed by atoms with van der Waals surface area (Å²) in [7, 11) is 0. The molecule has 0 aliphatic carbocycles. The largest absolute Gasteiger partial charge is 0.477 e. The standard InChI is InChI=1S/C12H15N3O3/c13-9-2-1-5-15(7-9)11(16)8-3-4-10(12(17)18)14-6-8/h3-4,6,9H,1-2,5,7,13H2,(H,17,18). The van der Waals surface area contributed by atoms with Crippen molar-refractivity contribution in [3.8, 4) is 0 Å². The molecule has 18 heavy (non-hydrogen) atoms. The zero-order valence-corrected chi connectivity index (χ0v) is 9.87. The molecule has 1 aromatic rings. The zero-order valence-electron chi connectivity index (χ0n) is 9.87. The first kappa shape index (κ1) is 12.5. The van der Waals surface area contributed by atoms with Crippen LogP contribution in [-0.4, -0.2) is 46.0 Å². The molecule has 0 bridgehead atoms. The van der Waals surface area contributed by atoms with Crippen molar-refractivity contribution in [2.45, 2.75) is 18.9 Å². The fraction of sp³-hybridized carbons (Fsp3) is 0.417. The van der Waals surface area contributed by atoms with E-state index in [9.17, 15) is 9.59 Å². The molecule has 1 saturated heterocycles. The highest BCUT2D eigenvalue weighted by molar-refractivity contribution is 5.95. The molecule has 1 aliphatic rings. The molecular formula is C12H15N3O3. The van der Waals surface area contributed by atoms with Crippen LogP contribution in [-0.2, 0) is 0 Å². The first-order valence-electron chi connectivity index (χ1n) is 5.82. The number of carboxylic acid groups (broad SMARTS) is 1. The lowest BCUT2D eigenvalue weighted by atomic mass is 10.1. The van der Waals surface area contributed by atoms with Gasteiger partial charge in [-0.25, -0.2) is 9.78 Å². The van der Waals surface area contributed by atoms with Crippen LogP contribution in [0.5, 0.6) is 0 Å². The molecular weight excluding hydrogens is 234 g/mol. The second kappa shape index (κ2) is 5.14. The highest BCUT2D eigenvalue weighted by Gasteiger charge is 2.22. The Morgan fingerprint density at radius 1 is 1.44 bits per heavy atom. The Hall–Kier alpha value is -1.95. The van der Waals surface area contributed by atoms with Crippen molar-refractivity contribution >= 4 is 11.9 Å². The maximum atomic E-state index is 12.1. The number of carbonyl (C=O) groups excluding carboxylic acids is 1. The number of likely N-dealkylation sites (tertiary alicyclic amines) is 1. The van der Waals surface area contributed by atoms with Gasteiger partial charge in [0.15, 0.2) is 0 Å². The Labute approximate surface area is 104 Å². The van der Waals surface area contributed by atoms with E-state index < -0.39 is 5.97 Å². The second-order valence-corrected chi connectivity index (χ2v) is 4.39. The average Bonchev–Trinajstić information content (AvgIpc) is 2.38. The minimum Gasteiger partial charge on any atom is -0.477 e. The Kier molecular flexibility index (Phi) is 3.57. The van der Waals surface area contributed by atoms with Gasteiger partial charge in [0.05, 0.1) is 5.56 Å². The predicted octanol–water partition coefficient (Wildman–Crippen LogP) is 0.343. The van der Waals surface area contributed by atoms with Gasteiger partial charge in [0.1, 0.15) is 5.69 Å². The van der Waals surface area contributed by atoms with E-state index in [0.29, 0.717) is 18.7 Å². The van der Waals surface area contributed by atoms with Crippen molar-refractivity contribution in [3.05, 3.63) is 29.6 Å². The minimum atomic E-state index is -1.10. The lowest BCUT2D eigenvalue weighted by Crippen LogP contribution is -2.45. The molecule has 1 fully saturated rings. The van der Waals surface area contributed by atoms with E-state index >= 15 is 0 Å². The van der Waals surface area contributed by atoms with Crippen molar-refractivity contribution < 1.29 is 14.7 Å². The molecule has 2 rings (SSSR count). The minimum absolute atomic E-state index is 0.0222. The third kappa shape index (κ3) is 2.65. The Morgan fingerprint density at radius 2 is 2.22 bits per heavy atom. The molecule has 96 valence electrons. The summed E-state index contributed by atoms with van der Waals surface area (Å²) in [5.41, 5.74) is 6.15. The zero-order chi connectivity index (χ0) is 13.1. The summed E-state index contributed by atoms with van der Waals surface area (Å²) < 4.78 is 0. The molecule has 1 atom stereocenters. The number of hydrogen-bond donors (Lipinski definition) is 2. The summed E-state index contributed by atoms with van der Waals surface area (Å²) in [6.45, 7) is 1.23. The van der Waals surface area contributed by atoms with E-state index in [1.807, 2.05) is 0 Å². The molecule has 3 N–H and O–H groups in total. The Balaban J connectivity index is 2.10. The fourth-order valence-corrected chi connectivity index (χ4v) is 2.02.